The molecule has 0 radical (unpaired) electrons. The molecule has 0 spiro atoms. The van der Waals surface area contributed by atoms with Gasteiger partial charge in [0.1, 0.15) is 5.69 Å². The first kappa shape index (κ1) is 15.5. The lowest BCUT2D eigenvalue weighted by Crippen LogP contribution is -2.38. The Morgan fingerprint density at radius 2 is 2.19 bits per heavy atom. The van der Waals surface area contributed by atoms with Gasteiger partial charge < -0.3 is 15.0 Å². The quantitative estimate of drug-likeness (QED) is 0.616. The van der Waals surface area contributed by atoms with Crippen LogP contribution in [0.3, 0.4) is 0 Å². The van der Waals surface area contributed by atoms with Crippen molar-refractivity contribution in [2.24, 2.45) is 5.41 Å². The Morgan fingerprint density at radius 1 is 1.52 bits per heavy atom. The van der Waals surface area contributed by atoms with Crippen LogP contribution in [-0.2, 0) is 6.54 Å². The van der Waals surface area contributed by atoms with E-state index in [-0.39, 0.29) is 29.3 Å². The van der Waals surface area contributed by atoms with Gasteiger partial charge in [-0.2, -0.15) is 0 Å². The third-order valence-electron chi connectivity index (χ3n) is 4.29. The van der Waals surface area contributed by atoms with Crippen LogP contribution in [0, 0.1) is 15.5 Å². The van der Waals surface area contributed by atoms with Crippen molar-refractivity contribution in [3.63, 3.8) is 0 Å². The molecule has 7 heteroatoms. The molecule has 1 aliphatic carbocycles. The Balaban J connectivity index is 2.08. The van der Waals surface area contributed by atoms with Gasteiger partial charge in [0, 0.05) is 24.6 Å². The lowest BCUT2D eigenvalue weighted by molar-refractivity contribution is -0.384. The van der Waals surface area contributed by atoms with E-state index in [1.807, 2.05) is 6.92 Å². The number of aryl methyl sites for hydroxylation is 1. The van der Waals surface area contributed by atoms with E-state index in [1.165, 1.54) is 12.3 Å². The Labute approximate surface area is 123 Å². The minimum absolute atomic E-state index is 0.0578. The second kappa shape index (κ2) is 6.26. The topological polar surface area (TPSA) is 97.4 Å². The maximum atomic E-state index is 12.2. The number of nitrogens with zero attached hydrogens (tertiary/aromatic N) is 2. The first-order valence-electron chi connectivity index (χ1n) is 7.25. The Bertz CT molecular complexity index is 532. The van der Waals surface area contributed by atoms with Gasteiger partial charge in [-0.25, -0.2) is 0 Å². The molecule has 1 saturated carbocycles. The predicted molar refractivity (Wildman–Crippen MR) is 77.1 cm³/mol. The SMILES string of the molecule is CCn1cc([N+](=O)[O-])cc1C(=O)NCC1(CO)CCCC1. The van der Waals surface area contributed by atoms with Crippen molar-refractivity contribution in [1.82, 2.24) is 9.88 Å². The molecule has 1 aromatic rings. The van der Waals surface area contributed by atoms with E-state index < -0.39 is 4.92 Å². The van der Waals surface area contributed by atoms with Gasteiger partial charge >= 0.3 is 0 Å². The minimum atomic E-state index is -0.505. The smallest absolute Gasteiger partial charge is 0.287 e. The van der Waals surface area contributed by atoms with Gasteiger partial charge in [0.2, 0.25) is 0 Å². The normalized spacial score (nSPS) is 16.9. The van der Waals surface area contributed by atoms with Crippen LogP contribution in [0.15, 0.2) is 12.3 Å². The molecule has 2 rings (SSSR count). The summed E-state index contributed by atoms with van der Waals surface area (Å²) in [6.45, 7) is 2.78. The summed E-state index contributed by atoms with van der Waals surface area (Å²) >= 11 is 0. The van der Waals surface area contributed by atoms with E-state index >= 15 is 0 Å². The van der Waals surface area contributed by atoms with E-state index in [0.29, 0.717) is 13.1 Å². The predicted octanol–water partition coefficient (Wildman–Crippen LogP) is 1.70. The number of aliphatic hydroxyl groups excluding tert-OH is 1. The van der Waals surface area contributed by atoms with Crippen molar-refractivity contribution in [2.45, 2.75) is 39.2 Å². The molecule has 116 valence electrons. The van der Waals surface area contributed by atoms with Gasteiger partial charge in [-0.05, 0) is 19.8 Å². The van der Waals surface area contributed by atoms with Crippen LogP contribution >= 0.6 is 0 Å². The summed E-state index contributed by atoms with van der Waals surface area (Å²) < 4.78 is 1.56. The summed E-state index contributed by atoms with van der Waals surface area (Å²) in [4.78, 5) is 22.5. The number of aliphatic hydroxyl groups is 1. The summed E-state index contributed by atoms with van der Waals surface area (Å²) in [5.41, 5.74) is -0.0272. The molecule has 1 aromatic heterocycles. The summed E-state index contributed by atoms with van der Waals surface area (Å²) in [6.07, 6.45) is 5.30. The fraction of sp³-hybridized carbons (Fsp3) is 0.643. The molecule has 0 aromatic carbocycles. The molecule has 0 unspecified atom stereocenters. The van der Waals surface area contributed by atoms with Crippen molar-refractivity contribution in [2.75, 3.05) is 13.2 Å². The van der Waals surface area contributed by atoms with Crippen LogP contribution in [-0.4, -0.2) is 33.7 Å². The van der Waals surface area contributed by atoms with Crippen molar-refractivity contribution >= 4 is 11.6 Å². The number of carbonyl (C=O) groups excluding carboxylic acids is 1. The molecular formula is C14H21N3O4. The zero-order chi connectivity index (χ0) is 15.5. The molecular weight excluding hydrogens is 274 g/mol. The monoisotopic (exact) mass is 295 g/mol. The van der Waals surface area contributed by atoms with Gasteiger partial charge in [-0.1, -0.05) is 12.8 Å². The Morgan fingerprint density at radius 3 is 2.71 bits per heavy atom. The highest BCUT2D eigenvalue weighted by Crippen LogP contribution is 2.36. The first-order valence-corrected chi connectivity index (χ1v) is 7.25. The fourth-order valence-corrected chi connectivity index (χ4v) is 2.92. The number of rotatable bonds is 6. The fourth-order valence-electron chi connectivity index (χ4n) is 2.92. The van der Waals surface area contributed by atoms with E-state index in [1.54, 1.807) is 4.57 Å². The minimum Gasteiger partial charge on any atom is -0.396 e. The summed E-state index contributed by atoms with van der Waals surface area (Å²) in [5.74, 6) is -0.329. The maximum absolute atomic E-state index is 12.2. The number of hydrogen-bond acceptors (Lipinski definition) is 4. The van der Waals surface area contributed by atoms with E-state index in [2.05, 4.69) is 5.32 Å². The molecule has 0 bridgehead atoms. The van der Waals surface area contributed by atoms with Crippen LogP contribution in [0.1, 0.15) is 43.1 Å². The number of carbonyl (C=O) groups is 1. The van der Waals surface area contributed by atoms with Gasteiger partial charge in [0.05, 0.1) is 17.7 Å². The summed E-state index contributed by atoms with van der Waals surface area (Å²) in [6, 6.07) is 1.29. The highest BCUT2D eigenvalue weighted by Gasteiger charge is 2.33. The highest BCUT2D eigenvalue weighted by molar-refractivity contribution is 5.93. The van der Waals surface area contributed by atoms with Crippen molar-refractivity contribution < 1.29 is 14.8 Å². The number of aromatic nitrogens is 1. The second-order valence-electron chi connectivity index (χ2n) is 5.67. The Kier molecular flexibility index (Phi) is 4.62. The zero-order valence-electron chi connectivity index (χ0n) is 12.2. The van der Waals surface area contributed by atoms with Gasteiger partial charge in [-0.15, -0.1) is 0 Å². The largest absolute Gasteiger partial charge is 0.396 e. The molecule has 1 amide bonds. The zero-order valence-corrected chi connectivity index (χ0v) is 12.2. The number of nitro groups is 1. The van der Waals surface area contributed by atoms with Crippen LogP contribution in [0.5, 0.6) is 0 Å². The average molecular weight is 295 g/mol. The van der Waals surface area contributed by atoms with Crippen molar-refractivity contribution in [3.8, 4) is 0 Å². The number of amides is 1. The molecule has 1 heterocycles. The van der Waals surface area contributed by atoms with Crippen LogP contribution in [0.2, 0.25) is 0 Å². The van der Waals surface area contributed by atoms with Gasteiger partial charge in [0.25, 0.3) is 11.6 Å². The van der Waals surface area contributed by atoms with E-state index in [0.717, 1.165) is 25.7 Å². The van der Waals surface area contributed by atoms with Gasteiger partial charge in [0.15, 0.2) is 0 Å². The van der Waals surface area contributed by atoms with Crippen molar-refractivity contribution in [3.05, 3.63) is 28.1 Å². The van der Waals surface area contributed by atoms with E-state index in [4.69, 9.17) is 0 Å². The second-order valence-corrected chi connectivity index (χ2v) is 5.67. The molecule has 21 heavy (non-hydrogen) atoms. The maximum Gasteiger partial charge on any atom is 0.287 e. The molecule has 1 fully saturated rings. The molecule has 1 aliphatic rings. The van der Waals surface area contributed by atoms with E-state index in [9.17, 15) is 20.0 Å². The lowest BCUT2D eigenvalue weighted by atomic mass is 9.87. The Hall–Kier alpha value is -1.89. The van der Waals surface area contributed by atoms with Crippen molar-refractivity contribution in [1.29, 1.82) is 0 Å². The number of nitrogens with one attached hydrogen (secondary N) is 1. The summed E-state index contributed by atoms with van der Waals surface area (Å²) in [5, 5.41) is 23.1. The molecule has 0 aliphatic heterocycles. The molecule has 7 nitrogen and oxygen atoms in total. The standard InChI is InChI=1S/C14H21N3O4/c1-2-16-8-11(17(20)21)7-12(16)13(19)15-9-14(10-18)5-3-4-6-14/h7-8,18H,2-6,9-10H2,1H3,(H,15,19). The lowest BCUT2D eigenvalue weighted by Gasteiger charge is -2.26. The van der Waals surface area contributed by atoms with Crippen LogP contribution in [0.4, 0.5) is 5.69 Å². The molecule has 0 saturated heterocycles. The van der Waals surface area contributed by atoms with Crippen LogP contribution < -0.4 is 5.32 Å². The van der Waals surface area contributed by atoms with Crippen LogP contribution in [0.25, 0.3) is 0 Å². The highest BCUT2D eigenvalue weighted by atomic mass is 16.6. The number of hydrogen-bond donors (Lipinski definition) is 2. The third-order valence-corrected chi connectivity index (χ3v) is 4.29. The summed E-state index contributed by atoms with van der Waals surface area (Å²) in [7, 11) is 0. The van der Waals surface area contributed by atoms with Gasteiger partial charge in [-0.3, -0.25) is 14.9 Å². The molecule has 2 N–H and O–H groups in total. The molecule has 0 atom stereocenters. The third kappa shape index (κ3) is 3.24. The first-order chi connectivity index (χ1) is 10.0. The average Bonchev–Trinajstić information content (AvgIpc) is 3.12.